The molecule has 0 atom stereocenters. The number of rotatable bonds is 3. The largest absolute Gasteiger partial charge is 0.299 e. The van der Waals surface area contributed by atoms with Crippen molar-refractivity contribution in [1.29, 1.82) is 0 Å². The van der Waals surface area contributed by atoms with Gasteiger partial charge in [0.15, 0.2) is 5.69 Å². The third-order valence-electron chi connectivity index (χ3n) is 3.18. The molecule has 0 unspecified atom stereocenters. The zero-order valence-electron chi connectivity index (χ0n) is 12.6. The highest BCUT2D eigenvalue weighted by Crippen LogP contribution is 2.17. The Bertz CT molecular complexity index is 707. The first-order valence-electron chi connectivity index (χ1n) is 6.70. The Balaban J connectivity index is 2.51. The fourth-order valence-corrected chi connectivity index (χ4v) is 1.88. The van der Waals surface area contributed by atoms with E-state index in [9.17, 15) is 4.79 Å². The number of H-pyrrole nitrogens is 1. The van der Waals surface area contributed by atoms with Gasteiger partial charge in [-0.1, -0.05) is 6.07 Å². The number of nitrogens with zero attached hydrogens (tertiary/aromatic N) is 3. The van der Waals surface area contributed by atoms with Crippen molar-refractivity contribution in [3.05, 3.63) is 45.4 Å². The van der Waals surface area contributed by atoms with E-state index in [0.29, 0.717) is 5.69 Å². The molecule has 0 aliphatic carbocycles. The fourth-order valence-electron chi connectivity index (χ4n) is 1.88. The van der Waals surface area contributed by atoms with E-state index in [4.69, 9.17) is 0 Å². The molecule has 0 spiro atoms. The van der Waals surface area contributed by atoms with Gasteiger partial charge in [-0.2, -0.15) is 5.11 Å². The Morgan fingerprint density at radius 2 is 1.85 bits per heavy atom. The summed E-state index contributed by atoms with van der Waals surface area (Å²) in [6, 6.07) is 5.97. The van der Waals surface area contributed by atoms with Gasteiger partial charge < -0.3 is 0 Å². The van der Waals surface area contributed by atoms with Crippen LogP contribution in [-0.4, -0.2) is 15.8 Å². The minimum atomic E-state index is -0.171. The van der Waals surface area contributed by atoms with E-state index in [1.807, 2.05) is 52.8 Å². The summed E-state index contributed by atoms with van der Waals surface area (Å²) in [7, 11) is 0. The molecule has 2 rings (SSSR count). The standard InChI is InChI=1S/C15H20N4O/c1-9(2)16-17-14-12(5)18-19(15(14)20)13-7-6-10(3)11(4)8-13/h6-9,18H,1-5H3. The van der Waals surface area contributed by atoms with Crippen LogP contribution in [-0.2, 0) is 0 Å². The van der Waals surface area contributed by atoms with Crippen molar-refractivity contribution in [2.24, 2.45) is 10.2 Å². The lowest BCUT2D eigenvalue weighted by Gasteiger charge is -2.05. The van der Waals surface area contributed by atoms with Crippen LogP contribution in [0.1, 0.15) is 30.7 Å². The first kappa shape index (κ1) is 14.2. The van der Waals surface area contributed by atoms with Gasteiger partial charge in [0.1, 0.15) is 0 Å². The SMILES string of the molecule is Cc1ccc(-n2[nH]c(C)c(N=NC(C)C)c2=O)cc1C. The number of aromatic amines is 1. The number of aryl methyl sites for hydroxylation is 3. The first-order valence-corrected chi connectivity index (χ1v) is 6.70. The van der Waals surface area contributed by atoms with Gasteiger partial charge in [0.25, 0.3) is 5.56 Å². The molecule has 1 aromatic heterocycles. The van der Waals surface area contributed by atoms with E-state index in [1.54, 1.807) is 0 Å². The molecular weight excluding hydrogens is 252 g/mol. The van der Waals surface area contributed by atoms with Gasteiger partial charge >= 0.3 is 0 Å². The maximum atomic E-state index is 12.4. The summed E-state index contributed by atoms with van der Waals surface area (Å²) >= 11 is 0. The maximum Gasteiger partial charge on any atom is 0.299 e. The lowest BCUT2D eigenvalue weighted by atomic mass is 10.1. The summed E-state index contributed by atoms with van der Waals surface area (Å²) in [5.41, 5.74) is 4.08. The molecule has 5 heteroatoms. The first-order chi connectivity index (χ1) is 9.40. The molecule has 20 heavy (non-hydrogen) atoms. The van der Waals surface area contributed by atoms with Crippen LogP contribution in [0.2, 0.25) is 0 Å². The van der Waals surface area contributed by atoms with Crippen LogP contribution in [0.4, 0.5) is 5.69 Å². The second kappa shape index (κ2) is 5.45. The van der Waals surface area contributed by atoms with Crippen molar-refractivity contribution in [2.75, 3.05) is 0 Å². The molecule has 0 saturated carbocycles. The molecule has 5 nitrogen and oxygen atoms in total. The molecule has 0 aliphatic heterocycles. The van der Waals surface area contributed by atoms with Crippen molar-refractivity contribution in [3.8, 4) is 5.69 Å². The molecule has 0 saturated heterocycles. The number of azo groups is 1. The van der Waals surface area contributed by atoms with E-state index in [0.717, 1.165) is 16.9 Å². The second-order valence-corrected chi connectivity index (χ2v) is 5.30. The average molecular weight is 272 g/mol. The molecule has 1 heterocycles. The van der Waals surface area contributed by atoms with Crippen LogP contribution in [0.15, 0.2) is 33.2 Å². The molecule has 0 bridgehead atoms. The van der Waals surface area contributed by atoms with Crippen molar-refractivity contribution in [1.82, 2.24) is 9.78 Å². The molecule has 1 N–H and O–H groups in total. The summed E-state index contributed by atoms with van der Waals surface area (Å²) in [5.74, 6) is 0. The maximum absolute atomic E-state index is 12.4. The molecule has 1 aromatic carbocycles. The molecule has 0 fully saturated rings. The summed E-state index contributed by atoms with van der Waals surface area (Å²) in [6.07, 6.45) is 0. The van der Waals surface area contributed by atoms with Crippen molar-refractivity contribution in [3.63, 3.8) is 0 Å². The number of hydrogen-bond acceptors (Lipinski definition) is 3. The highest BCUT2D eigenvalue weighted by Gasteiger charge is 2.12. The number of nitrogens with one attached hydrogen (secondary N) is 1. The molecule has 0 amide bonds. The van der Waals surface area contributed by atoms with Crippen LogP contribution in [0.3, 0.4) is 0 Å². The number of hydrogen-bond donors (Lipinski definition) is 1. The second-order valence-electron chi connectivity index (χ2n) is 5.30. The van der Waals surface area contributed by atoms with Gasteiger partial charge in [-0.25, -0.2) is 4.68 Å². The molecule has 0 radical (unpaired) electrons. The molecule has 2 aromatic rings. The van der Waals surface area contributed by atoms with Crippen molar-refractivity contribution < 1.29 is 0 Å². The average Bonchev–Trinajstić information content (AvgIpc) is 2.66. The Morgan fingerprint density at radius 3 is 2.45 bits per heavy atom. The van der Waals surface area contributed by atoms with Crippen LogP contribution >= 0.6 is 0 Å². The minimum absolute atomic E-state index is 0.0683. The Morgan fingerprint density at radius 1 is 1.15 bits per heavy atom. The van der Waals surface area contributed by atoms with E-state index in [2.05, 4.69) is 15.3 Å². The highest BCUT2D eigenvalue weighted by atomic mass is 16.1. The molecular formula is C15H20N4O. The Labute approximate surface area is 118 Å². The third-order valence-corrected chi connectivity index (χ3v) is 3.18. The van der Waals surface area contributed by atoms with Gasteiger partial charge in [-0.15, -0.1) is 5.11 Å². The van der Waals surface area contributed by atoms with Crippen LogP contribution in [0.5, 0.6) is 0 Å². The number of benzene rings is 1. The fraction of sp³-hybridized carbons (Fsp3) is 0.400. The number of aromatic nitrogens is 2. The summed E-state index contributed by atoms with van der Waals surface area (Å²) in [5, 5.41) is 11.1. The predicted octanol–water partition coefficient (Wildman–Crippen LogP) is 3.58. The van der Waals surface area contributed by atoms with Gasteiger partial charge in [-0.05, 0) is 57.9 Å². The van der Waals surface area contributed by atoms with Crippen LogP contribution in [0, 0.1) is 20.8 Å². The van der Waals surface area contributed by atoms with Gasteiger partial charge in [0.05, 0.1) is 17.4 Å². The van der Waals surface area contributed by atoms with Gasteiger partial charge in [-0.3, -0.25) is 9.89 Å². The van der Waals surface area contributed by atoms with Gasteiger partial charge in [0, 0.05) is 0 Å². The van der Waals surface area contributed by atoms with Crippen molar-refractivity contribution in [2.45, 2.75) is 40.7 Å². The van der Waals surface area contributed by atoms with E-state index in [-0.39, 0.29) is 11.6 Å². The minimum Gasteiger partial charge on any atom is -0.293 e. The monoisotopic (exact) mass is 272 g/mol. The van der Waals surface area contributed by atoms with E-state index < -0.39 is 0 Å². The quantitative estimate of drug-likeness (QED) is 0.853. The van der Waals surface area contributed by atoms with Gasteiger partial charge in [0.2, 0.25) is 0 Å². The van der Waals surface area contributed by atoms with E-state index in [1.165, 1.54) is 10.2 Å². The summed E-state index contributed by atoms with van der Waals surface area (Å²) < 4.78 is 1.51. The normalized spacial score (nSPS) is 11.7. The topological polar surface area (TPSA) is 62.5 Å². The predicted molar refractivity (Wildman–Crippen MR) is 80.3 cm³/mol. The Hall–Kier alpha value is -2.17. The Kier molecular flexibility index (Phi) is 3.88. The smallest absolute Gasteiger partial charge is 0.293 e. The lowest BCUT2D eigenvalue weighted by molar-refractivity contribution is 0.777. The van der Waals surface area contributed by atoms with Crippen molar-refractivity contribution >= 4 is 5.69 Å². The third kappa shape index (κ3) is 2.71. The zero-order chi connectivity index (χ0) is 14.9. The van der Waals surface area contributed by atoms with Crippen LogP contribution in [0.25, 0.3) is 5.69 Å². The molecule has 106 valence electrons. The summed E-state index contributed by atoms with van der Waals surface area (Å²) in [4.78, 5) is 12.4. The lowest BCUT2D eigenvalue weighted by Crippen LogP contribution is -2.14. The molecule has 0 aliphatic rings. The zero-order valence-corrected chi connectivity index (χ0v) is 12.6. The van der Waals surface area contributed by atoms with Crippen LogP contribution < -0.4 is 5.56 Å². The summed E-state index contributed by atoms with van der Waals surface area (Å²) in [6.45, 7) is 9.75. The van der Waals surface area contributed by atoms with E-state index >= 15 is 0 Å². The highest BCUT2D eigenvalue weighted by molar-refractivity contribution is 5.45.